The molecular formula is C14H20ClN3O4. The molecule has 3 N–H and O–H groups in total. The number of anilines is 1. The molecular weight excluding hydrogens is 310 g/mol. The van der Waals surface area contributed by atoms with Crippen molar-refractivity contribution in [2.24, 2.45) is 5.73 Å². The second-order valence-electron chi connectivity index (χ2n) is 4.52. The van der Waals surface area contributed by atoms with Crippen LogP contribution in [0.4, 0.5) is 5.69 Å². The van der Waals surface area contributed by atoms with E-state index in [1.54, 1.807) is 25.1 Å². The van der Waals surface area contributed by atoms with Gasteiger partial charge in [0.2, 0.25) is 11.8 Å². The van der Waals surface area contributed by atoms with Crippen molar-refractivity contribution in [2.45, 2.75) is 6.92 Å². The first-order valence-electron chi connectivity index (χ1n) is 6.81. The van der Waals surface area contributed by atoms with Gasteiger partial charge in [-0.05, 0) is 19.1 Å². The van der Waals surface area contributed by atoms with Gasteiger partial charge in [0.25, 0.3) is 0 Å². The molecule has 1 heterocycles. The third-order valence-electron chi connectivity index (χ3n) is 3.07. The van der Waals surface area contributed by atoms with Crippen molar-refractivity contribution in [1.82, 2.24) is 4.90 Å². The highest BCUT2D eigenvalue weighted by Gasteiger charge is 2.16. The SMILES string of the molecule is CCN(CC(=O)Nc1ccc2c(c1)OCCO2)C(=O)CN.Cl. The summed E-state index contributed by atoms with van der Waals surface area (Å²) in [6.07, 6.45) is 0. The van der Waals surface area contributed by atoms with Gasteiger partial charge in [0.1, 0.15) is 13.2 Å². The van der Waals surface area contributed by atoms with E-state index >= 15 is 0 Å². The zero-order valence-electron chi connectivity index (χ0n) is 12.3. The van der Waals surface area contributed by atoms with E-state index in [0.717, 1.165) is 0 Å². The number of hydrogen-bond donors (Lipinski definition) is 2. The Balaban J connectivity index is 0.00000242. The van der Waals surface area contributed by atoms with E-state index < -0.39 is 0 Å². The number of amides is 2. The highest BCUT2D eigenvalue weighted by Crippen LogP contribution is 2.32. The van der Waals surface area contributed by atoms with Crippen molar-refractivity contribution in [3.8, 4) is 11.5 Å². The number of nitrogens with two attached hydrogens (primary N) is 1. The highest BCUT2D eigenvalue weighted by molar-refractivity contribution is 5.95. The first kappa shape index (κ1) is 18.1. The lowest BCUT2D eigenvalue weighted by molar-refractivity contribution is -0.133. The minimum absolute atomic E-state index is 0. The predicted molar refractivity (Wildman–Crippen MR) is 84.6 cm³/mol. The lowest BCUT2D eigenvalue weighted by atomic mass is 10.2. The minimum Gasteiger partial charge on any atom is -0.486 e. The topological polar surface area (TPSA) is 93.9 Å². The zero-order valence-corrected chi connectivity index (χ0v) is 13.1. The molecule has 1 aliphatic heterocycles. The fourth-order valence-corrected chi connectivity index (χ4v) is 2.00. The van der Waals surface area contributed by atoms with E-state index in [0.29, 0.717) is 36.9 Å². The zero-order chi connectivity index (χ0) is 15.2. The monoisotopic (exact) mass is 329 g/mol. The molecule has 8 heteroatoms. The molecule has 7 nitrogen and oxygen atoms in total. The number of benzene rings is 1. The Morgan fingerprint density at radius 1 is 1.27 bits per heavy atom. The second kappa shape index (κ2) is 8.45. The maximum atomic E-state index is 12.0. The Hall–Kier alpha value is -1.99. The molecule has 1 aliphatic rings. The third-order valence-corrected chi connectivity index (χ3v) is 3.07. The summed E-state index contributed by atoms with van der Waals surface area (Å²) in [5.41, 5.74) is 5.90. The van der Waals surface area contributed by atoms with Gasteiger partial charge in [-0.15, -0.1) is 12.4 Å². The summed E-state index contributed by atoms with van der Waals surface area (Å²) in [5, 5.41) is 2.73. The van der Waals surface area contributed by atoms with Gasteiger partial charge in [-0.1, -0.05) is 0 Å². The summed E-state index contributed by atoms with van der Waals surface area (Å²) < 4.78 is 10.9. The van der Waals surface area contributed by atoms with Gasteiger partial charge in [0.15, 0.2) is 11.5 Å². The normalized spacial score (nSPS) is 12.1. The van der Waals surface area contributed by atoms with Gasteiger partial charge >= 0.3 is 0 Å². The summed E-state index contributed by atoms with van der Waals surface area (Å²) in [6.45, 7) is 3.10. The first-order chi connectivity index (χ1) is 10.1. The fourth-order valence-electron chi connectivity index (χ4n) is 2.00. The molecule has 0 atom stereocenters. The summed E-state index contributed by atoms with van der Waals surface area (Å²) in [5.74, 6) is 0.724. The number of nitrogens with one attached hydrogen (secondary N) is 1. The van der Waals surface area contributed by atoms with Crippen molar-refractivity contribution in [3.05, 3.63) is 18.2 Å². The van der Waals surface area contributed by atoms with Crippen molar-refractivity contribution in [2.75, 3.05) is 38.2 Å². The van der Waals surface area contributed by atoms with Crippen LogP contribution in [-0.2, 0) is 9.59 Å². The average Bonchev–Trinajstić information content (AvgIpc) is 2.51. The molecule has 0 unspecified atom stereocenters. The van der Waals surface area contributed by atoms with Crippen molar-refractivity contribution in [3.63, 3.8) is 0 Å². The van der Waals surface area contributed by atoms with E-state index in [1.807, 2.05) is 0 Å². The molecule has 0 saturated carbocycles. The van der Waals surface area contributed by atoms with Crippen LogP contribution in [0.25, 0.3) is 0 Å². The molecule has 122 valence electrons. The van der Waals surface area contributed by atoms with E-state index in [1.165, 1.54) is 4.90 Å². The van der Waals surface area contributed by atoms with Crippen LogP contribution in [0.3, 0.4) is 0 Å². The van der Waals surface area contributed by atoms with Gasteiger partial charge in [-0.3, -0.25) is 9.59 Å². The Morgan fingerprint density at radius 3 is 2.59 bits per heavy atom. The lowest BCUT2D eigenvalue weighted by Crippen LogP contribution is -2.41. The van der Waals surface area contributed by atoms with E-state index in [-0.39, 0.29) is 37.3 Å². The second-order valence-corrected chi connectivity index (χ2v) is 4.52. The average molecular weight is 330 g/mol. The Kier molecular flexibility index (Phi) is 6.94. The van der Waals surface area contributed by atoms with Gasteiger partial charge in [-0.25, -0.2) is 0 Å². The van der Waals surface area contributed by atoms with Gasteiger partial charge in [0, 0.05) is 18.3 Å². The molecule has 0 fully saturated rings. The number of carbonyl (C=O) groups excluding carboxylic acids is 2. The number of nitrogens with zero attached hydrogens (tertiary/aromatic N) is 1. The summed E-state index contributed by atoms with van der Waals surface area (Å²) in [6, 6.07) is 5.17. The van der Waals surface area contributed by atoms with Gasteiger partial charge in [-0.2, -0.15) is 0 Å². The summed E-state index contributed by atoms with van der Waals surface area (Å²) in [7, 11) is 0. The molecule has 0 aromatic heterocycles. The highest BCUT2D eigenvalue weighted by atomic mass is 35.5. The summed E-state index contributed by atoms with van der Waals surface area (Å²) >= 11 is 0. The number of carbonyl (C=O) groups is 2. The molecule has 0 bridgehead atoms. The molecule has 0 saturated heterocycles. The lowest BCUT2D eigenvalue weighted by Gasteiger charge is -2.21. The number of halogens is 1. The van der Waals surface area contributed by atoms with Crippen molar-refractivity contribution in [1.29, 1.82) is 0 Å². The predicted octanol–water partition coefficient (Wildman–Crippen LogP) is 0.625. The van der Waals surface area contributed by atoms with Crippen LogP contribution >= 0.6 is 12.4 Å². The Morgan fingerprint density at radius 2 is 1.95 bits per heavy atom. The van der Waals surface area contributed by atoms with E-state index in [9.17, 15) is 9.59 Å². The van der Waals surface area contributed by atoms with Crippen molar-refractivity contribution >= 4 is 29.9 Å². The number of rotatable bonds is 5. The molecule has 1 aromatic rings. The van der Waals surface area contributed by atoms with Crippen LogP contribution in [0.5, 0.6) is 11.5 Å². The number of ether oxygens (including phenoxy) is 2. The smallest absolute Gasteiger partial charge is 0.243 e. The first-order valence-corrected chi connectivity index (χ1v) is 6.81. The molecule has 0 radical (unpaired) electrons. The maximum Gasteiger partial charge on any atom is 0.243 e. The molecule has 1 aromatic carbocycles. The quantitative estimate of drug-likeness (QED) is 0.826. The van der Waals surface area contributed by atoms with Gasteiger partial charge in [0.05, 0.1) is 13.1 Å². The van der Waals surface area contributed by atoms with Crippen LogP contribution in [0.2, 0.25) is 0 Å². The fraction of sp³-hybridized carbons (Fsp3) is 0.429. The maximum absolute atomic E-state index is 12.0. The van der Waals surface area contributed by atoms with Crippen LogP contribution in [0.1, 0.15) is 6.92 Å². The number of hydrogen-bond acceptors (Lipinski definition) is 5. The molecule has 2 amide bonds. The number of fused-ring (bicyclic) bond motifs is 1. The van der Waals surface area contributed by atoms with Crippen molar-refractivity contribution < 1.29 is 19.1 Å². The van der Waals surface area contributed by atoms with Crippen LogP contribution in [-0.4, -0.2) is 49.6 Å². The number of likely N-dealkylation sites (N-methyl/N-ethyl adjacent to an activating group) is 1. The van der Waals surface area contributed by atoms with Crippen LogP contribution in [0, 0.1) is 0 Å². The largest absolute Gasteiger partial charge is 0.486 e. The van der Waals surface area contributed by atoms with Gasteiger partial charge < -0.3 is 25.4 Å². The molecule has 0 aliphatic carbocycles. The molecule has 22 heavy (non-hydrogen) atoms. The van der Waals surface area contributed by atoms with Crippen LogP contribution in [0.15, 0.2) is 18.2 Å². The standard InChI is InChI=1S/C14H19N3O4.ClH/c1-2-17(14(19)8-15)9-13(18)16-10-3-4-11-12(7-10)21-6-5-20-11;/h3-4,7H,2,5-6,8-9,15H2,1H3,(H,16,18);1H. The third kappa shape index (κ3) is 4.51. The Labute approximate surface area is 135 Å². The molecule has 2 rings (SSSR count). The minimum atomic E-state index is -0.282. The van der Waals surface area contributed by atoms with E-state index in [2.05, 4.69) is 5.32 Å². The Bertz CT molecular complexity index is 539. The molecule has 0 spiro atoms. The van der Waals surface area contributed by atoms with Crippen LogP contribution < -0.4 is 20.5 Å². The summed E-state index contributed by atoms with van der Waals surface area (Å²) in [4.78, 5) is 24.9. The van der Waals surface area contributed by atoms with E-state index in [4.69, 9.17) is 15.2 Å².